The highest BCUT2D eigenvalue weighted by Gasteiger charge is 2.17. The number of benzene rings is 1. The topological polar surface area (TPSA) is 85.2 Å². The molecule has 0 aliphatic carbocycles. The Morgan fingerprint density at radius 3 is 2.71 bits per heavy atom. The molecule has 0 bridgehead atoms. The number of hydrogen-bond donors (Lipinski definition) is 1. The highest BCUT2D eigenvalue weighted by atomic mass is 16.5. The molecular weight excluding hydrogens is 268 g/mol. The quantitative estimate of drug-likeness (QED) is 0.874. The minimum atomic E-state index is -0.310. The molecule has 0 unspecified atom stereocenters. The van der Waals surface area contributed by atoms with Gasteiger partial charge in [0.25, 0.3) is 0 Å². The van der Waals surface area contributed by atoms with E-state index in [-0.39, 0.29) is 18.4 Å². The molecule has 1 aromatic carbocycles. The first-order valence-electron chi connectivity index (χ1n) is 6.96. The van der Waals surface area contributed by atoms with Gasteiger partial charge in [-0.2, -0.15) is 4.98 Å². The summed E-state index contributed by atoms with van der Waals surface area (Å²) in [5, 5.41) is 3.81. The highest BCUT2D eigenvalue weighted by molar-refractivity contribution is 5.76. The van der Waals surface area contributed by atoms with Gasteiger partial charge in [0.2, 0.25) is 11.8 Å². The smallest absolute Gasteiger partial charge is 0.246 e. The van der Waals surface area contributed by atoms with Crippen LogP contribution in [0.25, 0.3) is 0 Å². The monoisotopic (exact) mass is 288 g/mol. The van der Waals surface area contributed by atoms with E-state index in [2.05, 4.69) is 10.1 Å². The first-order valence-corrected chi connectivity index (χ1v) is 6.96. The molecule has 0 spiro atoms. The fourth-order valence-corrected chi connectivity index (χ4v) is 1.95. The molecule has 0 fully saturated rings. The fraction of sp³-hybridized carbons (Fsp3) is 0.400. The molecule has 1 amide bonds. The summed E-state index contributed by atoms with van der Waals surface area (Å²) in [5.41, 5.74) is 7.00. The number of rotatable bonds is 6. The van der Waals surface area contributed by atoms with Crippen molar-refractivity contribution in [3.63, 3.8) is 0 Å². The van der Waals surface area contributed by atoms with Gasteiger partial charge in [-0.15, -0.1) is 0 Å². The van der Waals surface area contributed by atoms with Crippen molar-refractivity contribution >= 4 is 5.91 Å². The number of aryl methyl sites for hydroxylation is 1. The molecule has 1 atom stereocenters. The van der Waals surface area contributed by atoms with Gasteiger partial charge < -0.3 is 15.2 Å². The van der Waals surface area contributed by atoms with Gasteiger partial charge in [0.1, 0.15) is 0 Å². The molecule has 0 saturated carbocycles. The maximum Gasteiger partial charge on any atom is 0.246 e. The summed E-state index contributed by atoms with van der Waals surface area (Å²) in [7, 11) is 1.70. The van der Waals surface area contributed by atoms with E-state index in [9.17, 15) is 4.79 Å². The summed E-state index contributed by atoms with van der Waals surface area (Å²) in [5.74, 6) is 1.03. The van der Waals surface area contributed by atoms with E-state index >= 15 is 0 Å². The van der Waals surface area contributed by atoms with Crippen molar-refractivity contribution in [2.45, 2.75) is 32.4 Å². The largest absolute Gasteiger partial charge is 0.337 e. The van der Waals surface area contributed by atoms with Crippen molar-refractivity contribution in [3.8, 4) is 0 Å². The number of amides is 1. The zero-order valence-electron chi connectivity index (χ0n) is 12.3. The molecule has 1 heterocycles. The van der Waals surface area contributed by atoms with Crippen molar-refractivity contribution in [1.82, 2.24) is 15.0 Å². The maximum atomic E-state index is 12.2. The van der Waals surface area contributed by atoms with Crippen LogP contribution in [-0.4, -0.2) is 28.0 Å². The normalized spacial score (nSPS) is 12.1. The van der Waals surface area contributed by atoms with Gasteiger partial charge in [0, 0.05) is 25.9 Å². The average molecular weight is 288 g/mol. The van der Waals surface area contributed by atoms with Crippen LogP contribution >= 0.6 is 0 Å². The lowest BCUT2D eigenvalue weighted by atomic mass is 10.0. The van der Waals surface area contributed by atoms with Crippen molar-refractivity contribution in [2.75, 3.05) is 7.05 Å². The third-order valence-electron chi connectivity index (χ3n) is 3.25. The summed E-state index contributed by atoms with van der Waals surface area (Å²) in [4.78, 5) is 17.9. The Morgan fingerprint density at radius 1 is 1.38 bits per heavy atom. The van der Waals surface area contributed by atoms with Crippen molar-refractivity contribution in [2.24, 2.45) is 5.73 Å². The summed E-state index contributed by atoms with van der Waals surface area (Å²) in [6, 6.07) is 9.27. The van der Waals surface area contributed by atoms with Crippen molar-refractivity contribution in [1.29, 1.82) is 0 Å². The number of hydrogen-bond acceptors (Lipinski definition) is 5. The molecule has 6 nitrogen and oxygen atoms in total. The molecular formula is C15H20N4O2. The van der Waals surface area contributed by atoms with E-state index in [0.29, 0.717) is 24.7 Å². The molecule has 6 heteroatoms. The third kappa shape index (κ3) is 4.13. The predicted octanol–water partition coefficient (Wildman–Crippen LogP) is 1.68. The number of carbonyl (C=O) groups excluding carboxylic acids is 1. The van der Waals surface area contributed by atoms with E-state index < -0.39 is 0 Å². The standard InChI is InChI=1S/C15H20N4O2/c1-3-13-17-14(21-18-13)10-19(2)15(20)9-12(16)11-7-5-4-6-8-11/h4-8,12H,3,9-10,16H2,1-2H3/t12-/m1/s1. The van der Waals surface area contributed by atoms with Gasteiger partial charge in [-0.05, 0) is 5.56 Å². The minimum Gasteiger partial charge on any atom is -0.337 e. The van der Waals surface area contributed by atoms with Gasteiger partial charge in [-0.3, -0.25) is 4.79 Å². The van der Waals surface area contributed by atoms with Crippen LogP contribution < -0.4 is 5.73 Å². The second-order valence-electron chi connectivity index (χ2n) is 4.93. The molecule has 1 aromatic heterocycles. The Hall–Kier alpha value is -2.21. The van der Waals surface area contributed by atoms with Crippen LogP contribution in [0.3, 0.4) is 0 Å². The zero-order chi connectivity index (χ0) is 15.2. The molecule has 0 aliphatic heterocycles. The second kappa shape index (κ2) is 6.99. The highest BCUT2D eigenvalue weighted by Crippen LogP contribution is 2.15. The van der Waals surface area contributed by atoms with Crippen molar-refractivity contribution in [3.05, 3.63) is 47.6 Å². The van der Waals surface area contributed by atoms with Gasteiger partial charge >= 0.3 is 0 Å². The van der Waals surface area contributed by atoms with Crippen LogP contribution in [0.4, 0.5) is 0 Å². The molecule has 2 rings (SSSR count). The third-order valence-corrected chi connectivity index (χ3v) is 3.25. The van der Waals surface area contributed by atoms with E-state index in [1.54, 1.807) is 11.9 Å². The summed E-state index contributed by atoms with van der Waals surface area (Å²) in [6.45, 7) is 2.25. The zero-order valence-corrected chi connectivity index (χ0v) is 12.3. The Balaban J connectivity index is 1.90. The van der Waals surface area contributed by atoms with Crippen LogP contribution in [0.5, 0.6) is 0 Å². The van der Waals surface area contributed by atoms with Crippen LogP contribution in [-0.2, 0) is 17.8 Å². The minimum absolute atomic E-state index is 0.0531. The maximum absolute atomic E-state index is 12.2. The second-order valence-corrected chi connectivity index (χ2v) is 4.93. The number of aromatic nitrogens is 2. The van der Waals surface area contributed by atoms with E-state index in [1.165, 1.54) is 0 Å². The SMILES string of the molecule is CCc1noc(CN(C)C(=O)C[C@@H](N)c2ccccc2)n1. The van der Waals surface area contributed by atoms with Gasteiger partial charge in [0.15, 0.2) is 5.82 Å². The Morgan fingerprint density at radius 2 is 2.10 bits per heavy atom. The average Bonchev–Trinajstić information content (AvgIpc) is 2.95. The molecule has 0 aliphatic rings. The van der Waals surface area contributed by atoms with Crippen LogP contribution in [0.2, 0.25) is 0 Å². The molecule has 2 aromatic rings. The fourth-order valence-electron chi connectivity index (χ4n) is 1.95. The lowest BCUT2D eigenvalue weighted by molar-refractivity contribution is -0.131. The first kappa shape index (κ1) is 15.2. The van der Waals surface area contributed by atoms with Crippen LogP contribution in [0.15, 0.2) is 34.9 Å². The van der Waals surface area contributed by atoms with Gasteiger partial charge in [-0.1, -0.05) is 42.4 Å². The number of nitrogens with zero attached hydrogens (tertiary/aromatic N) is 3. The van der Waals surface area contributed by atoms with Crippen LogP contribution in [0.1, 0.15) is 36.7 Å². The van der Waals surface area contributed by atoms with Crippen LogP contribution in [0, 0.1) is 0 Å². The van der Waals surface area contributed by atoms with Gasteiger partial charge in [-0.25, -0.2) is 0 Å². The summed E-state index contributed by atoms with van der Waals surface area (Å²) in [6.07, 6.45) is 0.954. The van der Waals surface area contributed by atoms with E-state index in [1.807, 2.05) is 37.3 Å². The number of nitrogens with two attached hydrogens (primary N) is 1. The van der Waals surface area contributed by atoms with E-state index in [4.69, 9.17) is 10.3 Å². The molecule has 2 N–H and O–H groups in total. The van der Waals surface area contributed by atoms with Gasteiger partial charge in [0.05, 0.1) is 6.54 Å². The molecule has 0 radical (unpaired) electrons. The Labute approximate surface area is 123 Å². The lowest BCUT2D eigenvalue weighted by Crippen LogP contribution is -2.29. The predicted molar refractivity (Wildman–Crippen MR) is 78.1 cm³/mol. The Kier molecular flexibility index (Phi) is 5.05. The Bertz CT molecular complexity index is 582. The summed E-state index contributed by atoms with van der Waals surface area (Å²) < 4.78 is 5.08. The lowest BCUT2D eigenvalue weighted by Gasteiger charge is -2.18. The van der Waals surface area contributed by atoms with E-state index in [0.717, 1.165) is 5.56 Å². The van der Waals surface area contributed by atoms with Crippen molar-refractivity contribution < 1.29 is 9.32 Å². The molecule has 0 saturated heterocycles. The molecule has 112 valence electrons. The molecule has 21 heavy (non-hydrogen) atoms. The number of carbonyl (C=O) groups is 1. The summed E-state index contributed by atoms with van der Waals surface area (Å²) >= 11 is 0. The first-order chi connectivity index (χ1) is 10.1.